The summed E-state index contributed by atoms with van der Waals surface area (Å²) in [6.07, 6.45) is 0.412. The Labute approximate surface area is 204 Å². The first-order valence-electron chi connectivity index (χ1n) is 11.7. The molecular weight excluding hydrogens is 448 g/mol. The normalized spacial score (nSPS) is 14.0. The maximum atomic E-state index is 13.8. The zero-order valence-electron chi connectivity index (χ0n) is 20.1. The first-order valence-corrected chi connectivity index (χ1v) is 12.5. The number of rotatable bonds is 8. The Kier molecular flexibility index (Phi) is 7.09. The molecule has 1 aliphatic rings. The summed E-state index contributed by atoms with van der Waals surface area (Å²) in [7, 11) is 0. The van der Waals surface area contributed by atoms with Gasteiger partial charge in [0.25, 0.3) is 5.91 Å². The minimum absolute atomic E-state index is 0.193. The molecule has 1 aromatic heterocycles. The third-order valence-corrected chi connectivity index (χ3v) is 7.26. The molecule has 0 aliphatic carbocycles. The van der Waals surface area contributed by atoms with E-state index < -0.39 is 0 Å². The van der Waals surface area contributed by atoms with E-state index in [4.69, 9.17) is 4.98 Å². The van der Waals surface area contributed by atoms with Crippen molar-refractivity contribution in [3.63, 3.8) is 0 Å². The molecule has 0 N–H and O–H groups in total. The number of amides is 3. The molecule has 1 fully saturated rings. The van der Waals surface area contributed by atoms with Gasteiger partial charge in [0.15, 0.2) is 5.13 Å². The number of anilines is 2. The van der Waals surface area contributed by atoms with Gasteiger partial charge in [0, 0.05) is 31.5 Å². The fourth-order valence-corrected chi connectivity index (χ4v) is 5.50. The summed E-state index contributed by atoms with van der Waals surface area (Å²) in [5.41, 5.74) is 4.03. The topological polar surface area (TPSA) is 73.8 Å². The molecule has 0 radical (unpaired) electrons. The molecule has 4 rings (SSSR count). The van der Waals surface area contributed by atoms with Crippen molar-refractivity contribution < 1.29 is 14.4 Å². The Morgan fingerprint density at radius 3 is 2.41 bits per heavy atom. The van der Waals surface area contributed by atoms with Crippen LogP contribution < -0.4 is 9.80 Å². The highest BCUT2D eigenvalue weighted by Crippen LogP contribution is 2.33. The lowest BCUT2D eigenvalue weighted by molar-refractivity contribution is -0.121. The van der Waals surface area contributed by atoms with Gasteiger partial charge in [-0.05, 0) is 62.3 Å². The van der Waals surface area contributed by atoms with Crippen molar-refractivity contribution in [3.8, 4) is 0 Å². The van der Waals surface area contributed by atoms with Gasteiger partial charge in [0.2, 0.25) is 11.8 Å². The molecule has 0 spiro atoms. The third kappa shape index (κ3) is 4.74. The highest BCUT2D eigenvalue weighted by atomic mass is 32.1. The number of carbonyl (C=O) groups is 3. The summed E-state index contributed by atoms with van der Waals surface area (Å²) in [5.74, 6) is -0.656. The molecule has 34 heavy (non-hydrogen) atoms. The second-order valence-corrected chi connectivity index (χ2v) is 9.59. The van der Waals surface area contributed by atoms with Crippen LogP contribution in [0, 0.1) is 13.8 Å². The Morgan fingerprint density at radius 1 is 1.03 bits per heavy atom. The van der Waals surface area contributed by atoms with Gasteiger partial charge in [-0.3, -0.25) is 24.2 Å². The van der Waals surface area contributed by atoms with E-state index in [1.807, 2.05) is 6.92 Å². The van der Waals surface area contributed by atoms with E-state index in [-0.39, 0.29) is 30.6 Å². The standard InChI is InChI=1S/C26H30N4O3S/c1-5-28(6-2)12-13-29(26-27-24-18(4)14-17(3)15-21(24)34-26)25(33)19-8-7-9-20(16-19)30-22(31)10-11-23(30)32/h7-9,14-16H,5-6,10-13H2,1-4H3. The number of carbonyl (C=O) groups excluding carboxylic acids is 3. The lowest BCUT2D eigenvalue weighted by Gasteiger charge is -2.25. The van der Waals surface area contributed by atoms with Crippen molar-refractivity contribution in [2.45, 2.75) is 40.5 Å². The number of fused-ring (bicyclic) bond motifs is 1. The maximum absolute atomic E-state index is 13.8. The van der Waals surface area contributed by atoms with Gasteiger partial charge in [-0.1, -0.05) is 37.3 Å². The van der Waals surface area contributed by atoms with Crippen LogP contribution in [-0.2, 0) is 9.59 Å². The zero-order valence-corrected chi connectivity index (χ0v) is 20.9. The molecule has 0 saturated carbocycles. The average molecular weight is 479 g/mol. The van der Waals surface area contributed by atoms with Gasteiger partial charge in [0.05, 0.1) is 15.9 Å². The number of benzene rings is 2. The van der Waals surface area contributed by atoms with Crippen LogP contribution in [0.3, 0.4) is 0 Å². The van der Waals surface area contributed by atoms with Crippen LogP contribution in [0.4, 0.5) is 10.8 Å². The van der Waals surface area contributed by atoms with Crippen LogP contribution in [-0.4, -0.2) is 53.8 Å². The fourth-order valence-electron chi connectivity index (χ4n) is 4.34. The molecule has 3 aromatic rings. The van der Waals surface area contributed by atoms with Crippen molar-refractivity contribution >= 4 is 50.1 Å². The second-order valence-electron chi connectivity index (χ2n) is 8.58. The molecule has 178 valence electrons. The predicted octanol–water partition coefficient (Wildman–Crippen LogP) is 4.56. The molecule has 3 amide bonds. The van der Waals surface area contributed by atoms with Gasteiger partial charge in [-0.15, -0.1) is 0 Å². The largest absolute Gasteiger partial charge is 0.302 e. The summed E-state index contributed by atoms with van der Waals surface area (Å²) in [6, 6.07) is 11.0. The van der Waals surface area contributed by atoms with Gasteiger partial charge in [0.1, 0.15) is 0 Å². The summed E-state index contributed by atoms with van der Waals surface area (Å²) < 4.78 is 1.05. The highest BCUT2D eigenvalue weighted by Gasteiger charge is 2.31. The number of aryl methyl sites for hydroxylation is 2. The van der Waals surface area contributed by atoms with Crippen LogP contribution in [0.1, 0.15) is 48.2 Å². The smallest absolute Gasteiger partial charge is 0.260 e. The molecule has 1 aliphatic heterocycles. The molecule has 2 heterocycles. The van der Waals surface area contributed by atoms with Crippen molar-refractivity contribution in [1.29, 1.82) is 0 Å². The zero-order chi connectivity index (χ0) is 24.4. The van der Waals surface area contributed by atoms with Crippen molar-refractivity contribution in [2.75, 3.05) is 36.0 Å². The van der Waals surface area contributed by atoms with Crippen molar-refractivity contribution in [1.82, 2.24) is 9.88 Å². The number of nitrogens with zero attached hydrogens (tertiary/aromatic N) is 4. The highest BCUT2D eigenvalue weighted by molar-refractivity contribution is 7.22. The molecule has 0 atom stereocenters. The number of likely N-dealkylation sites (N-methyl/N-ethyl adjacent to an activating group) is 1. The van der Waals surface area contributed by atoms with Gasteiger partial charge in [-0.25, -0.2) is 4.98 Å². The van der Waals surface area contributed by atoms with Crippen LogP contribution in [0.2, 0.25) is 0 Å². The van der Waals surface area contributed by atoms with E-state index in [1.54, 1.807) is 29.2 Å². The van der Waals surface area contributed by atoms with Crippen LogP contribution in [0.15, 0.2) is 36.4 Å². The maximum Gasteiger partial charge on any atom is 0.260 e. The molecule has 8 heteroatoms. The number of hydrogen-bond acceptors (Lipinski definition) is 6. The Hall–Kier alpha value is -3.10. The minimum atomic E-state index is -0.231. The van der Waals surface area contributed by atoms with E-state index in [1.165, 1.54) is 16.2 Å². The Balaban J connectivity index is 1.71. The van der Waals surface area contributed by atoms with Gasteiger partial charge >= 0.3 is 0 Å². The monoisotopic (exact) mass is 478 g/mol. The summed E-state index contributed by atoms with van der Waals surface area (Å²) in [5, 5.41) is 0.652. The molecule has 1 saturated heterocycles. The Morgan fingerprint density at radius 2 is 1.74 bits per heavy atom. The molecule has 7 nitrogen and oxygen atoms in total. The van der Waals surface area contributed by atoms with E-state index in [9.17, 15) is 14.4 Å². The summed E-state index contributed by atoms with van der Waals surface area (Å²) >= 11 is 1.51. The van der Waals surface area contributed by atoms with Gasteiger partial charge < -0.3 is 4.90 Å². The molecular formula is C26H30N4O3S. The number of imide groups is 1. The lowest BCUT2D eigenvalue weighted by Crippen LogP contribution is -2.39. The molecule has 2 aromatic carbocycles. The van der Waals surface area contributed by atoms with E-state index in [0.29, 0.717) is 22.9 Å². The second kappa shape index (κ2) is 10.0. The lowest BCUT2D eigenvalue weighted by atomic mass is 10.1. The number of thiazole rings is 1. The molecule has 0 unspecified atom stereocenters. The van der Waals surface area contributed by atoms with Crippen LogP contribution in [0.25, 0.3) is 10.2 Å². The quantitative estimate of drug-likeness (QED) is 0.444. The first kappa shape index (κ1) is 24.0. The SMILES string of the molecule is CCN(CC)CCN(C(=O)c1cccc(N2C(=O)CCC2=O)c1)c1nc2c(C)cc(C)cc2s1. The number of hydrogen-bond donors (Lipinski definition) is 0. The third-order valence-electron chi connectivity index (χ3n) is 6.23. The fraction of sp³-hybridized carbons (Fsp3) is 0.385. The van der Waals surface area contributed by atoms with Crippen LogP contribution in [0.5, 0.6) is 0 Å². The van der Waals surface area contributed by atoms with E-state index in [2.05, 4.69) is 37.8 Å². The van der Waals surface area contributed by atoms with E-state index in [0.717, 1.165) is 41.0 Å². The van der Waals surface area contributed by atoms with Gasteiger partial charge in [-0.2, -0.15) is 0 Å². The Bertz CT molecular complexity index is 1230. The average Bonchev–Trinajstić information content (AvgIpc) is 3.39. The van der Waals surface area contributed by atoms with E-state index >= 15 is 0 Å². The van der Waals surface area contributed by atoms with Crippen molar-refractivity contribution in [3.05, 3.63) is 53.1 Å². The van der Waals surface area contributed by atoms with Crippen LogP contribution >= 0.6 is 11.3 Å². The summed E-state index contributed by atoms with van der Waals surface area (Å²) in [6.45, 7) is 11.3. The minimum Gasteiger partial charge on any atom is -0.302 e. The number of aromatic nitrogens is 1. The first-order chi connectivity index (χ1) is 16.3. The summed E-state index contributed by atoms with van der Waals surface area (Å²) in [4.78, 5) is 48.2. The predicted molar refractivity (Wildman–Crippen MR) is 137 cm³/mol. The molecule has 0 bridgehead atoms. The van der Waals surface area contributed by atoms with Crippen molar-refractivity contribution in [2.24, 2.45) is 0 Å².